The van der Waals surface area contributed by atoms with Crippen molar-refractivity contribution >= 4 is 5.97 Å². The van der Waals surface area contributed by atoms with Crippen molar-refractivity contribution in [2.45, 2.75) is 70.6 Å². The van der Waals surface area contributed by atoms with Gasteiger partial charge in [0.1, 0.15) is 11.6 Å². The molecule has 2 saturated carbocycles. The fraction of sp³-hybridized carbons (Fsp3) is 0.519. The summed E-state index contributed by atoms with van der Waals surface area (Å²) in [6.07, 6.45) is 10.7. The highest BCUT2D eigenvalue weighted by Crippen LogP contribution is 2.48. The molecule has 4 rings (SSSR count). The largest absolute Gasteiger partial charge is 0.423 e. The van der Waals surface area contributed by atoms with Gasteiger partial charge in [-0.3, -0.25) is 0 Å². The molecule has 4 unspecified atom stereocenters. The van der Waals surface area contributed by atoms with Gasteiger partial charge in [0, 0.05) is 12.1 Å². The minimum absolute atomic E-state index is 0.0634. The molecule has 0 aromatic heterocycles. The highest BCUT2D eigenvalue weighted by Gasteiger charge is 2.36. The number of carbonyl (C=O) groups is 1. The number of halogens is 4. The number of fused-ring (bicyclic) bond motifs is 1. The Kier molecular flexibility index (Phi) is 7.40. The van der Waals surface area contributed by atoms with E-state index < -0.39 is 35.0 Å². The normalized spacial score (nSPS) is 24.9. The van der Waals surface area contributed by atoms with Crippen LogP contribution in [-0.4, -0.2) is 5.97 Å². The molecule has 2 nitrogen and oxygen atoms in total. The van der Waals surface area contributed by atoms with Crippen LogP contribution in [0.1, 0.15) is 86.6 Å². The van der Waals surface area contributed by atoms with Crippen molar-refractivity contribution < 1.29 is 27.1 Å². The number of esters is 1. The Balaban J connectivity index is 1.39. The van der Waals surface area contributed by atoms with E-state index in [4.69, 9.17) is 4.74 Å². The summed E-state index contributed by atoms with van der Waals surface area (Å²) < 4.78 is 59.6. The highest BCUT2D eigenvalue weighted by molar-refractivity contribution is 5.91. The summed E-state index contributed by atoms with van der Waals surface area (Å²) in [5, 5.41) is 0. The quantitative estimate of drug-likeness (QED) is 0.188. The van der Waals surface area contributed by atoms with E-state index in [0.717, 1.165) is 37.2 Å². The van der Waals surface area contributed by atoms with Crippen LogP contribution in [0, 0.1) is 41.0 Å². The van der Waals surface area contributed by atoms with E-state index in [9.17, 15) is 22.4 Å². The predicted octanol–water partition coefficient (Wildman–Crippen LogP) is 7.95. The Hall–Kier alpha value is -2.37. The minimum atomic E-state index is -1.64. The van der Waals surface area contributed by atoms with E-state index in [-0.39, 0.29) is 11.5 Å². The molecule has 6 heteroatoms. The molecule has 2 fully saturated rings. The third-order valence-corrected chi connectivity index (χ3v) is 7.53. The van der Waals surface area contributed by atoms with Crippen molar-refractivity contribution in [1.29, 1.82) is 0 Å². The average Bonchev–Trinajstić information content (AvgIpc) is 2.80. The van der Waals surface area contributed by atoms with Crippen molar-refractivity contribution in [3.8, 4) is 5.75 Å². The topological polar surface area (TPSA) is 26.3 Å². The molecular weight excluding hydrogens is 432 g/mol. The van der Waals surface area contributed by atoms with Crippen molar-refractivity contribution in [1.82, 2.24) is 0 Å². The predicted molar refractivity (Wildman–Crippen MR) is 118 cm³/mol. The molecule has 0 heterocycles. The SMILES string of the molecule is CCCCC1CCC2CC(c3ccc(C(=O)Oc4cc(F)c(F)c(F)c4)cc3F)CCC2C1. The van der Waals surface area contributed by atoms with Crippen molar-refractivity contribution in [2.24, 2.45) is 17.8 Å². The van der Waals surface area contributed by atoms with Gasteiger partial charge in [0.15, 0.2) is 17.5 Å². The van der Waals surface area contributed by atoms with Crippen molar-refractivity contribution in [3.05, 3.63) is 64.7 Å². The number of ether oxygens (including phenoxy) is 1. The monoisotopic (exact) mass is 462 g/mol. The Bertz CT molecular complexity index is 983. The summed E-state index contributed by atoms with van der Waals surface area (Å²) in [5.74, 6) is -4.14. The molecule has 0 spiro atoms. The van der Waals surface area contributed by atoms with Crippen LogP contribution in [0.5, 0.6) is 5.75 Å². The second kappa shape index (κ2) is 10.3. The molecule has 0 saturated heterocycles. The summed E-state index contributed by atoms with van der Waals surface area (Å²) in [5.41, 5.74) is 0.545. The van der Waals surface area contributed by atoms with Gasteiger partial charge in [0.2, 0.25) is 0 Å². The number of unbranched alkanes of at least 4 members (excludes halogenated alkanes) is 1. The van der Waals surface area contributed by atoms with E-state index in [1.807, 2.05) is 0 Å². The van der Waals surface area contributed by atoms with Gasteiger partial charge in [0.05, 0.1) is 5.56 Å². The standard InChI is InChI=1S/C27H30F4O2/c1-2-3-4-16-5-6-18-12-19(8-7-17(18)11-16)22-10-9-20(13-23(22)28)27(32)33-21-14-24(29)26(31)25(30)15-21/h9-10,13-19H,2-8,11-12H2,1H3. The van der Waals surface area contributed by atoms with Crippen LogP contribution < -0.4 is 4.74 Å². The molecule has 2 aromatic carbocycles. The minimum Gasteiger partial charge on any atom is -0.423 e. The van der Waals surface area contributed by atoms with Crippen LogP contribution >= 0.6 is 0 Å². The van der Waals surface area contributed by atoms with Gasteiger partial charge in [-0.05, 0) is 73.5 Å². The first-order valence-electron chi connectivity index (χ1n) is 12.0. The molecule has 0 radical (unpaired) electrons. The molecule has 2 aliphatic rings. The van der Waals surface area contributed by atoms with Crippen LogP contribution in [0.25, 0.3) is 0 Å². The Labute approximate surface area is 192 Å². The fourth-order valence-corrected chi connectivity index (χ4v) is 5.77. The Morgan fingerprint density at radius 3 is 2.30 bits per heavy atom. The molecule has 4 atom stereocenters. The number of hydrogen-bond donors (Lipinski definition) is 0. The lowest BCUT2D eigenvalue weighted by Gasteiger charge is -2.42. The highest BCUT2D eigenvalue weighted by atomic mass is 19.2. The number of hydrogen-bond acceptors (Lipinski definition) is 2. The zero-order valence-electron chi connectivity index (χ0n) is 18.9. The molecule has 0 aliphatic heterocycles. The van der Waals surface area contributed by atoms with Gasteiger partial charge in [-0.2, -0.15) is 0 Å². The van der Waals surface area contributed by atoms with E-state index in [0.29, 0.717) is 23.6 Å². The smallest absolute Gasteiger partial charge is 0.343 e. The molecule has 33 heavy (non-hydrogen) atoms. The van der Waals surface area contributed by atoms with E-state index in [1.54, 1.807) is 6.07 Å². The fourth-order valence-electron chi connectivity index (χ4n) is 5.77. The molecule has 2 aliphatic carbocycles. The number of rotatable bonds is 6. The third-order valence-electron chi connectivity index (χ3n) is 7.53. The van der Waals surface area contributed by atoms with E-state index in [2.05, 4.69) is 6.92 Å². The van der Waals surface area contributed by atoms with Gasteiger partial charge in [0.25, 0.3) is 0 Å². The van der Waals surface area contributed by atoms with Crippen molar-refractivity contribution in [3.63, 3.8) is 0 Å². The molecule has 0 amide bonds. The van der Waals surface area contributed by atoms with Crippen LogP contribution in [0.3, 0.4) is 0 Å². The lowest BCUT2D eigenvalue weighted by atomic mass is 9.63. The molecule has 2 aromatic rings. The van der Waals surface area contributed by atoms with Crippen LogP contribution in [0.2, 0.25) is 0 Å². The molecular formula is C27H30F4O2. The lowest BCUT2D eigenvalue weighted by molar-refractivity contribution is 0.0733. The van der Waals surface area contributed by atoms with Gasteiger partial charge < -0.3 is 4.74 Å². The zero-order chi connectivity index (χ0) is 23.5. The van der Waals surface area contributed by atoms with Crippen LogP contribution in [-0.2, 0) is 0 Å². The summed E-state index contributed by atoms with van der Waals surface area (Å²) >= 11 is 0. The molecule has 0 bridgehead atoms. The lowest BCUT2D eigenvalue weighted by Crippen LogP contribution is -2.30. The maximum atomic E-state index is 15.0. The van der Waals surface area contributed by atoms with Crippen LogP contribution in [0.15, 0.2) is 30.3 Å². The van der Waals surface area contributed by atoms with Crippen molar-refractivity contribution in [2.75, 3.05) is 0 Å². The second-order valence-electron chi connectivity index (χ2n) is 9.68. The zero-order valence-corrected chi connectivity index (χ0v) is 18.9. The first-order valence-corrected chi connectivity index (χ1v) is 12.0. The average molecular weight is 463 g/mol. The Morgan fingerprint density at radius 1 is 0.909 bits per heavy atom. The second-order valence-corrected chi connectivity index (χ2v) is 9.68. The first kappa shape index (κ1) is 23.8. The van der Waals surface area contributed by atoms with Gasteiger partial charge in [-0.25, -0.2) is 22.4 Å². The van der Waals surface area contributed by atoms with E-state index in [1.165, 1.54) is 44.6 Å². The van der Waals surface area contributed by atoms with Crippen LogP contribution in [0.4, 0.5) is 17.6 Å². The summed E-state index contributed by atoms with van der Waals surface area (Å²) in [6.45, 7) is 2.23. The summed E-state index contributed by atoms with van der Waals surface area (Å²) in [7, 11) is 0. The number of carbonyl (C=O) groups excluding carboxylic acids is 1. The number of benzene rings is 2. The first-order chi connectivity index (χ1) is 15.9. The summed E-state index contributed by atoms with van der Waals surface area (Å²) in [4.78, 5) is 12.3. The molecule has 0 N–H and O–H groups in total. The molecule has 178 valence electrons. The maximum Gasteiger partial charge on any atom is 0.343 e. The maximum absolute atomic E-state index is 15.0. The third kappa shape index (κ3) is 5.42. The summed E-state index contributed by atoms with van der Waals surface area (Å²) in [6, 6.07) is 5.37. The van der Waals surface area contributed by atoms with Gasteiger partial charge >= 0.3 is 5.97 Å². The van der Waals surface area contributed by atoms with Gasteiger partial charge in [-0.1, -0.05) is 38.7 Å². The van der Waals surface area contributed by atoms with E-state index >= 15 is 0 Å². The van der Waals surface area contributed by atoms with Gasteiger partial charge in [-0.15, -0.1) is 0 Å². The Morgan fingerprint density at radius 2 is 1.61 bits per heavy atom.